The molecular formula is C31H37N5O4S2. The molecule has 1 aromatic carbocycles. The van der Waals surface area contributed by atoms with Crippen LogP contribution in [0.3, 0.4) is 0 Å². The highest BCUT2D eigenvalue weighted by Crippen LogP contribution is 2.49. The van der Waals surface area contributed by atoms with E-state index in [0.717, 1.165) is 47.4 Å². The number of benzene rings is 1. The summed E-state index contributed by atoms with van der Waals surface area (Å²) in [5.74, 6) is -0.0718. The predicted molar refractivity (Wildman–Crippen MR) is 169 cm³/mol. The molecule has 2 amide bonds. The average Bonchev–Trinajstić information content (AvgIpc) is 3.53. The molecule has 0 fully saturated rings. The molecule has 0 aliphatic carbocycles. The maximum absolute atomic E-state index is 13.0. The van der Waals surface area contributed by atoms with Crippen LogP contribution < -0.4 is 10.6 Å². The number of fused-ring (bicyclic) bond motifs is 2. The smallest absolute Gasteiger partial charge is 0.410 e. The van der Waals surface area contributed by atoms with Crippen LogP contribution in [0.1, 0.15) is 50.6 Å². The molecule has 5 rings (SSSR count). The lowest BCUT2D eigenvalue weighted by Crippen LogP contribution is -2.41. The number of pyridine rings is 1. The molecule has 0 saturated heterocycles. The summed E-state index contributed by atoms with van der Waals surface area (Å²) in [6.45, 7) is 10.0. The Morgan fingerprint density at radius 3 is 2.62 bits per heavy atom. The first-order valence-electron chi connectivity index (χ1n) is 14.1. The molecule has 1 aliphatic rings. The third kappa shape index (κ3) is 6.81. The van der Waals surface area contributed by atoms with Gasteiger partial charge in [-0.25, -0.2) is 9.78 Å². The van der Waals surface area contributed by atoms with Gasteiger partial charge < -0.3 is 25.0 Å². The lowest BCUT2D eigenvalue weighted by atomic mass is 9.98. The molecule has 42 heavy (non-hydrogen) atoms. The summed E-state index contributed by atoms with van der Waals surface area (Å²) in [6, 6.07) is 10.1. The molecule has 3 aromatic heterocycles. The summed E-state index contributed by atoms with van der Waals surface area (Å²) in [4.78, 5) is 38.1. The number of ether oxygens (including phenoxy) is 2. The van der Waals surface area contributed by atoms with Crippen LogP contribution in [0.15, 0.2) is 42.7 Å². The summed E-state index contributed by atoms with van der Waals surface area (Å²) in [5.41, 5.74) is 4.57. The van der Waals surface area contributed by atoms with E-state index in [9.17, 15) is 9.59 Å². The van der Waals surface area contributed by atoms with Crippen molar-refractivity contribution >= 4 is 49.9 Å². The fourth-order valence-electron chi connectivity index (χ4n) is 4.97. The zero-order valence-electron chi connectivity index (χ0n) is 24.7. The van der Waals surface area contributed by atoms with Crippen molar-refractivity contribution in [1.82, 2.24) is 20.2 Å². The second kappa shape index (κ2) is 12.9. The molecule has 1 aliphatic heterocycles. The highest BCUT2D eigenvalue weighted by molar-refractivity contribution is 7.23. The Labute approximate surface area is 254 Å². The number of rotatable bonds is 9. The van der Waals surface area contributed by atoms with Gasteiger partial charge in [0.1, 0.15) is 15.6 Å². The number of thiophene rings is 1. The third-order valence-corrected chi connectivity index (χ3v) is 9.37. The van der Waals surface area contributed by atoms with Crippen molar-refractivity contribution < 1.29 is 19.1 Å². The van der Waals surface area contributed by atoms with Gasteiger partial charge in [-0.05, 0) is 75.1 Å². The van der Waals surface area contributed by atoms with E-state index < -0.39 is 5.60 Å². The molecule has 2 N–H and O–H groups in total. The van der Waals surface area contributed by atoms with Crippen molar-refractivity contribution in [3.05, 3.63) is 53.2 Å². The topological polar surface area (TPSA) is 106 Å². The minimum atomic E-state index is -0.579. The molecule has 0 spiro atoms. The summed E-state index contributed by atoms with van der Waals surface area (Å²) >= 11 is 3.14. The van der Waals surface area contributed by atoms with Crippen molar-refractivity contribution in [2.75, 3.05) is 38.7 Å². The van der Waals surface area contributed by atoms with E-state index in [1.54, 1.807) is 35.7 Å². The number of thiazole rings is 1. The number of nitrogens with zero attached hydrogens (tertiary/aromatic N) is 3. The van der Waals surface area contributed by atoms with E-state index in [-0.39, 0.29) is 18.0 Å². The largest absolute Gasteiger partial charge is 0.444 e. The molecule has 1 unspecified atom stereocenters. The van der Waals surface area contributed by atoms with Crippen LogP contribution in [0.2, 0.25) is 0 Å². The number of nitrogens with one attached hydrogen (secondary N) is 2. The monoisotopic (exact) mass is 607 g/mol. The molecule has 0 radical (unpaired) electrons. The number of amides is 2. The minimum absolute atomic E-state index is 0.0718. The van der Waals surface area contributed by atoms with Crippen molar-refractivity contribution in [1.29, 1.82) is 0 Å². The number of hydrogen-bond acceptors (Lipinski definition) is 9. The number of anilines is 1. The van der Waals surface area contributed by atoms with Crippen molar-refractivity contribution in [3.63, 3.8) is 0 Å². The Kier molecular flexibility index (Phi) is 9.22. The molecule has 222 valence electrons. The highest BCUT2D eigenvalue weighted by atomic mass is 32.1. The second-order valence-corrected chi connectivity index (χ2v) is 13.3. The van der Waals surface area contributed by atoms with Gasteiger partial charge in [0.2, 0.25) is 5.91 Å². The van der Waals surface area contributed by atoms with Crippen LogP contribution in [0.4, 0.5) is 9.80 Å². The fraction of sp³-hybridized carbons (Fsp3) is 0.419. The Hall–Kier alpha value is -3.38. The normalized spacial score (nSPS) is 15.1. The maximum Gasteiger partial charge on any atom is 0.410 e. The third-order valence-electron chi connectivity index (χ3n) is 7.00. The summed E-state index contributed by atoms with van der Waals surface area (Å²) in [6.07, 6.45) is 4.23. The molecule has 4 aromatic rings. The Morgan fingerprint density at radius 1 is 1.10 bits per heavy atom. The van der Waals surface area contributed by atoms with Crippen molar-refractivity contribution in [2.45, 2.75) is 52.2 Å². The van der Waals surface area contributed by atoms with E-state index in [1.807, 2.05) is 39.8 Å². The Bertz CT molecular complexity index is 1560. The molecule has 4 heterocycles. The van der Waals surface area contributed by atoms with Crippen LogP contribution >= 0.6 is 22.7 Å². The zero-order valence-corrected chi connectivity index (χ0v) is 26.3. The molecular weight excluding hydrogens is 571 g/mol. The van der Waals surface area contributed by atoms with Crippen LogP contribution in [0, 0.1) is 0 Å². The van der Waals surface area contributed by atoms with Gasteiger partial charge in [-0.3, -0.25) is 9.78 Å². The van der Waals surface area contributed by atoms with Gasteiger partial charge >= 0.3 is 6.09 Å². The summed E-state index contributed by atoms with van der Waals surface area (Å²) in [5, 5.41) is 8.03. The van der Waals surface area contributed by atoms with Gasteiger partial charge in [0.05, 0.1) is 22.9 Å². The number of aromatic nitrogens is 2. The summed E-state index contributed by atoms with van der Waals surface area (Å²) < 4.78 is 11.8. The number of carbonyl (C=O) groups is 2. The molecule has 1 atom stereocenters. The van der Waals surface area contributed by atoms with E-state index in [4.69, 9.17) is 14.5 Å². The number of hydrogen-bond donors (Lipinski definition) is 2. The van der Waals surface area contributed by atoms with Gasteiger partial charge in [0.15, 0.2) is 0 Å². The first-order chi connectivity index (χ1) is 20.1. The van der Waals surface area contributed by atoms with Crippen LogP contribution in [0.5, 0.6) is 0 Å². The van der Waals surface area contributed by atoms with Gasteiger partial charge in [-0.2, -0.15) is 0 Å². The van der Waals surface area contributed by atoms with Crippen molar-refractivity contribution in [2.24, 2.45) is 0 Å². The molecule has 0 bridgehead atoms. The van der Waals surface area contributed by atoms with Crippen LogP contribution in [-0.2, 0) is 20.7 Å². The van der Waals surface area contributed by atoms with E-state index >= 15 is 0 Å². The SMILES string of the molecule is COCCNCCC(=O)Nc1sc2c(c1-c1nc3cc(-c4ccncc4)ccc3s1)CCN(C(=O)OC(C)(C)C)C2C. The number of carbonyl (C=O) groups excluding carboxylic acids is 2. The first-order valence-corrected chi connectivity index (χ1v) is 15.7. The molecule has 9 nitrogen and oxygen atoms in total. The van der Waals surface area contributed by atoms with Gasteiger partial charge in [0.25, 0.3) is 0 Å². The quantitative estimate of drug-likeness (QED) is 0.209. The van der Waals surface area contributed by atoms with Crippen LogP contribution in [0.25, 0.3) is 31.9 Å². The van der Waals surface area contributed by atoms with Crippen LogP contribution in [-0.4, -0.2) is 65.8 Å². The predicted octanol–water partition coefficient (Wildman–Crippen LogP) is 6.51. The minimum Gasteiger partial charge on any atom is -0.444 e. The van der Waals surface area contributed by atoms with Gasteiger partial charge in [-0.1, -0.05) is 6.07 Å². The van der Waals surface area contributed by atoms with Gasteiger partial charge in [0, 0.05) is 56.0 Å². The standard InChI is InChI=1S/C31H37N5O4S2/c1-19-27-22(11-16-36(19)30(38)40-31(2,3)4)26(29(42-27)35-25(37)10-14-33-15-17-39-5)28-34-23-18-21(6-7-24(23)41-28)20-8-12-32-13-9-20/h6-9,12-13,18-19,33H,10-11,14-17H2,1-5H3,(H,35,37). The zero-order chi connectivity index (χ0) is 29.9. The fourth-order valence-corrected chi connectivity index (χ4v) is 7.39. The van der Waals surface area contributed by atoms with E-state index in [0.29, 0.717) is 39.1 Å². The summed E-state index contributed by atoms with van der Waals surface area (Å²) in [7, 11) is 1.65. The second-order valence-electron chi connectivity index (χ2n) is 11.2. The number of methoxy groups -OCH3 is 1. The Morgan fingerprint density at radius 2 is 1.88 bits per heavy atom. The lowest BCUT2D eigenvalue weighted by molar-refractivity contribution is -0.116. The maximum atomic E-state index is 13.0. The molecule has 0 saturated carbocycles. The average molecular weight is 608 g/mol. The highest BCUT2D eigenvalue weighted by Gasteiger charge is 2.36. The molecule has 11 heteroatoms. The van der Waals surface area contributed by atoms with E-state index in [1.165, 1.54) is 11.3 Å². The van der Waals surface area contributed by atoms with Gasteiger partial charge in [-0.15, -0.1) is 22.7 Å². The van der Waals surface area contributed by atoms with Crippen molar-refractivity contribution in [3.8, 4) is 21.7 Å². The Balaban J connectivity index is 1.48. The van der Waals surface area contributed by atoms with E-state index in [2.05, 4.69) is 33.8 Å². The lowest BCUT2D eigenvalue weighted by Gasteiger charge is -2.35. The first kappa shape index (κ1) is 30.1.